The molecule has 0 aromatic heterocycles. The van der Waals surface area contributed by atoms with Crippen LogP contribution < -0.4 is 10.1 Å². The van der Waals surface area contributed by atoms with Gasteiger partial charge in [0, 0.05) is 24.9 Å². The zero-order chi connectivity index (χ0) is 14.4. The van der Waals surface area contributed by atoms with Crippen molar-refractivity contribution in [3.05, 3.63) is 28.3 Å². The van der Waals surface area contributed by atoms with Gasteiger partial charge in [0.1, 0.15) is 5.75 Å². The predicted molar refractivity (Wildman–Crippen MR) is 73.8 cm³/mol. The van der Waals surface area contributed by atoms with Gasteiger partial charge >= 0.3 is 0 Å². The molecule has 1 aromatic rings. The van der Waals surface area contributed by atoms with Gasteiger partial charge in [0.2, 0.25) is 0 Å². The van der Waals surface area contributed by atoms with E-state index in [0.717, 1.165) is 0 Å². The zero-order valence-electron chi connectivity index (χ0n) is 11.7. The van der Waals surface area contributed by atoms with Crippen LogP contribution >= 0.6 is 0 Å². The van der Waals surface area contributed by atoms with E-state index in [1.165, 1.54) is 19.2 Å². The van der Waals surface area contributed by atoms with Gasteiger partial charge in [-0.2, -0.15) is 0 Å². The van der Waals surface area contributed by atoms with Gasteiger partial charge in [0.15, 0.2) is 0 Å². The van der Waals surface area contributed by atoms with Crippen LogP contribution in [-0.2, 0) is 4.74 Å². The molecule has 1 aromatic carbocycles. The molecule has 0 fully saturated rings. The Balaban J connectivity index is 2.98. The van der Waals surface area contributed by atoms with Gasteiger partial charge in [-0.05, 0) is 5.92 Å². The molecule has 6 nitrogen and oxygen atoms in total. The van der Waals surface area contributed by atoms with Crippen LogP contribution in [-0.4, -0.2) is 31.8 Å². The topological polar surface area (TPSA) is 73.6 Å². The third kappa shape index (κ3) is 4.40. The molecule has 0 aliphatic heterocycles. The first-order chi connectivity index (χ1) is 8.97. The van der Waals surface area contributed by atoms with Crippen molar-refractivity contribution >= 4 is 11.4 Å². The molecule has 0 saturated carbocycles. The van der Waals surface area contributed by atoms with E-state index < -0.39 is 4.92 Å². The first kappa shape index (κ1) is 15.2. The van der Waals surface area contributed by atoms with E-state index in [4.69, 9.17) is 9.47 Å². The van der Waals surface area contributed by atoms with Crippen LogP contribution in [0.4, 0.5) is 11.4 Å². The van der Waals surface area contributed by atoms with E-state index in [9.17, 15) is 10.1 Å². The number of methoxy groups -OCH3 is 2. The van der Waals surface area contributed by atoms with Gasteiger partial charge in [0.25, 0.3) is 5.69 Å². The van der Waals surface area contributed by atoms with Gasteiger partial charge in [-0.3, -0.25) is 10.1 Å². The van der Waals surface area contributed by atoms with Crippen molar-refractivity contribution in [3.8, 4) is 5.75 Å². The summed E-state index contributed by atoms with van der Waals surface area (Å²) >= 11 is 0. The summed E-state index contributed by atoms with van der Waals surface area (Å²) in [6.07, 6.45) is 0. The molecule has 0 bridgehead atoms. The Hall–Kier alpha value is -1.82. The summed E-state index contributed by atoms with van der Waals surface area (Å²) in [5.74, 6) is 0.793. The maximum Gasteiger partial charge on any atom is 0.275 e. The third-order valence-corrected chi connectivity index (χ3v) is 2.84. The van der Waals surface area contributed by atoms with Crippen molar-refractivity contribution in [1.82, 2.24) is 0 Å². The number of ether oxygens (including phenoxy) is 2. The number of non-ortho nitro benzene ring substituents is 1. The molecule has 0 amide bonds. The normalized spacial score (nSPS) is 12.3. The van der Waals surface area contributed by atoms with E-state index in [1.807, 2.05) is 0 Å². The lowest BCUT2D eigenvalue weighted by Crippen LogP contribution is -2.30. The third-order valence-electron chi connectivity index (χ3n) is 2.84. The van der Waals surface area contributed by atoms with Crippen LogP contribution in [0.3, 0.4) is 0 Å². The standard InChI is InChI=1S/C13H20N2O4/c1-9(2)13(8-18-3)14-10-5-11(15(16)17)7-12(6-10)19-4/h5-7,9,13-14H,8H2,1-4H3. The second kappa shape index (κ2) is 6.94. The maximum atomic E-state index is 10.9. The minimum absolute atomic E-state index is 0.00164. The Kier molecular flexibility index (Phi) is 5.57. The van der Waals surface area contributed by atoms with Gasteiger partial charge in [-0.1, -0.05) is 13.8 Å². The minimum Gasteiger partial charge on any atom is -0.496 e. The van der Waals surface area contributed by atoms with Crippen LogP contribution in [0, 0.1) is 16.0 Å². The zero-order valence-corrected chi connectivity index (χ0v) is 11.7. The van der Waals surface area contributed by atoms with Crippen LogP contribution in [0.15, 0.2) is 18.2 Å². The molecule has 0 aliphatic carbocycles. The number of benzene rings is 1. The molecule has 0 spiro atoms. The lowest BCUT2D eigenvalue weighted by molar-refractivity contribution is -0.384. The van der Waals surface area contributed by atoms with Crippen molar-refractivity contribution < 1.29 is 14.4 Å². The molecule has 0 saturated heterocycles. The summed E-state index contributed by atoms with van der Waals surface area (Å²) in [5, 5.41) is 14.1. The number of hydrogen-bond acceptors (Lipinski definition) is 5. The van der Waals surface area contributed by atoms with Crippen molar-refractivity contribution in [2.45, 2.75) is 19.9 Å². The summed E-state index contributed by atoms with van der Waals surface area (Å²) in [6, 6.07) is 4.70. The molecular formula is C13H20N2O4. The van der Waals surface area contributed by atoms with E-state index in [1.54, 1.807) is 13.2 Å². The van der Waals surface area contributed by atoms with Gasteiger partial charge in [-0.25, -0.2) is 0 Å². The fraction of sp³-hybridized carbons (Fsp3) is 0.538. The molecule has 1 N–H and O–H groups in total. The van der Waals surface area contributed by atoms with E-state index in [-0.39, 0.29) is 11.7 Å². The fourth-order valence-corrected chi connectivity index (χ4v) is 1.68. The van der Waals surface area contributed by atoms with Gasteiger partial charge in [-0.15, -0.1) is 0 Å². The number of nitro groups is 1. The molecule has 106 valence electrons. The molecule has 1 rings (SSSR count). The number of rotatable bonds is 7. The number of nitrogens with one attached hydrogen (secondary N) is 1. The van der Waals surface area contributed by atoms with E-state index in [2.05, 4.69) is 19.2 Å². The number of anilines is 1. The Morgan fingerprint density at radius 2 is 2.00 bits per heavy atom. The lowest BCUT2D eigenvalue weighted by atomic mass is 10.0. The average Bonchev–Trinajstić information content (AvgIpc) is 2.37. The molecule has 1 unspecified atom stereocenters. The van der Waals surface area contributed by atoms with Crippen LogP contribution in [0.25, 0.3) is 0 Å². The van der Waals surface area contributed by atoms with Crippen molar-refractivity contribution in [2.75, 3.05) is 26.1 Å². The van der Waals surface area contributed by atoms with Crippen molar-refractivity contribution in [3.63, 3.8) is 0 Å². The molecular weight excluding hydrogens is 248 g/mol. The van der Waals surface area contributed by atoms with Gasteiger partial charge in [0.05, 0.1) is 30.7 Å². The summed E-state index contributed by atoms with van der Waals surface area (Å²) < 4.78 is 10.2. The maximum absolute atomic E-state index is 10.9. The monoisotopic (exact) mass is 268 g/mol. The van der Waals surface area contributed by atoms with Crippen LogP contribution in [0.5, 0.6) is 5.75 Å². The first-order valence-electron chi connectivity index (χ1n) is 6.07. The summed E-state index contributed by atoms with van der Waals surface area (Å²) in [4.78, 5) is 10.4. The van der Waals surface area contributed by atoms with Crippen molar-refractivity contribution in [1.29, 1.82) is 0 Å². The quantitative estimate of drug-likeness (QED) is 0.608. The highest BCUT2D eigenvalue weighted by Crippen LogP contribution is 2.26. The summed E-state index contributed by atoms with van der Waals surface area (Å²) in [7, 11) is 3.11. The smallest absolute Gasteiger partial charge is 0.275 e. The van der Waals surface area contributed by atoms with Crippen LogP contribution in [0.1, 0.15) is 13.8 Å². The number of nitrogens with zero attached hydrogens (tertiary/aromatic N) is 1. The van der Waals surface area contributed by atoms with E-state index in [0.29, 0.717) is 24.0 Å². The SMILES string of the molecule is COCC(Nc1cc(OC)cc([N+](=O)[O-])c1)C(C)C. The largest absolute Gasteiger partial charge is 0.496 e. The Bertz CT molecular complexity index is 435. The minimum atomic E-state index is -0.436. The van der Waals surface area contributed by atoms with Gasteiger partial charge < -0.3 is 14.8 Å². The highest BCUT2D eigenvalue weighted by molar-refractivity contribution is 5.56. The number of nitro benzene ring substituents is 1. The number of hydrogen-bond donors (Lipinski definition) is 1. The molecule has 0 aliphatic rings. The summed E-state index contributed by atoms with van der Waals surface area (Å²) in [5.41, 5.74) is 0.656. The predicted octanol–water partition coefficient (Wildman–Crippen LogP) is 2.69. The molecule has 0 heterocycles. The first-order valence-corrected chi connectivity index (χ1v) is 6.07. The highest BCUT2D eigenvalue weighted by Gasteiger charge is 2.16. The molecule has 19 heavy (non-hydrogen) atoms. The lowest BCUT2D eigenvalue weighted by Gasteiger charge is -2.22. The second-order valence-corrected chi connectivity index (χ2v) is 4.63. The highest BCUT2D eigenvalue weighted by atomic mass is 16.6. The Labute approximate surface area is 112 Å². The second-order valence-electron chi connectivity index (χ2n) is 4.63. The molecule has 6 heteroatoms. The molecule has 1 atom stereocenters. The molecule has 0 radical (unpaired) electrons. The Morgan fingerprint density at radius 3 is 2.47 bits per heavy atom. The average molecular weight is 268 g/mol. The fourth-order valence-electron chi connectivity index (χ4n) is 1.68. The Morgan fingerprint density at radius 1 is 1.32 bits per heavy atom. The summed E-state index contributed by atoms with van der Waals surface area (Å²) in [6.45, 7) is 4.65. The van der Waals surface area contributed by atoms with E-state index >= 15 is 0 Å². The van der Waals surface area contributed by atoms with Crippen molar-refractivity contribution in [2.24, 2.45) is 5.92 Å². The van der Waals surface area contributed by atoms with Crippen LogP contribution in [0.2, 0.25) is 0 Å².